The fourth-order valence-corrected chi connectivity index (χ4v) is 4.17. The highest BCUT2D eigenvalue weighted by molar-refractivity contribution is 6.34. The summed E-state index contributed by atoms with van der Waals surface area (Å²) in [5, 5.41) is 6.08. The average Bonchev–Trinajstić information content (AvgIpc) is 2.79. The predicted octanol–water partition coefficient (Wildman–Crippen LogP) is 6.88. The number of rotatable bonds is 4. The van der Waals surface area contributed by atoms with E-state index < -0.39 is 23.2 Å². The number of halogens is 3. The number of nitrogens with zero attached hydrogens (tertiary/aromatic N) is 1. The van der Waals surface area contributed by atoms with Crippen LogP contribution in [-0.2, 0) is 6.54 Å². The van der Waals surface area contributed by atoms with E-state index in [2.05, 4.69) is 10.6 Å². The van der Waals surface area contributed by atoms with Gasteiger partial charge < -0.3 is 15.2 Å². The molecule has 2 N–H and O–H groups in total. The molecular weight excluding hydrogens is 460 g/mol. The lowest BCUT2D eigenvalue weighted by Crippen LogP contribution is -2.29. The van der Waals surface area contributed by atoms with E-state index in [9.17, 15) is 18.4 Å². The minimum Gasteiger partial charge on any atom is -0.307 e. The quantitative estimate of drug-likeness (QED) is 0.333. The van der Waals surface area contributed by atoms with E-state index in [-0.39, 0.29) is 11.4 Å². The average molecular weight is 482 g/mol. The molecule has 0 bridgehead atoms. The Labute approximate surface area is 200 Å². The molecule has 4 rings (SSSR count). The fourth-order valence-electron chi connectivity index (χ4n) is 3.94. The van der Waals surface area contributed by atoms with E-state index in [1.165, 1.54) is 0 Å². The van der Waals surface area contributed by atoms with Gasteiger partial charge in [0.25, 0.3) is 5.56 Å². The van der Waals surface area contributed by atoms with Gasteiger partial charge in [-0.2, -0.15) is 0 Å². The summed E-state index contributed by atoms with van der Waals surface area (Å²) < 4.78 is 28.9. The Morgan fingerprint density at radius 3 is 2.38 bits per heavy atom. The van der Waals surface area contributed by atoms with Crippen LogP contribution in [0.4, 0.5) is 25.0 Å². The van der Waals surface area contributed by atoms with Crippen LogP contribution in [0, 0.1) is 25.5 Å². The number of amides is 2. The summed E-state index contributed by atoms with van der Waals surface area (Å²) in [7, 11) is 0. The number of aromatic nitrogens is 1. The zero-order valence-electron chi connectivity index (χ0n) is 18.8. The molecule has 0 aliphatic rings. The van der Waals surface area contributed by atoms with Gasteiger partial charge in [-0.15, -0.1) is 0 Å². The van der Waals surface area contributed by atoms with Crippen LogP contribution in [0.2, 0.25) is 5.02 Å². The number of benzene rings is 3. The molecule has 3 aromatic carbocycles. The molecule has 2 amide bonds. The molecule has 5 nitrogen and oxygen atoms in total. The number of hydrogen-bond donors (Lipinski definition) is 2. The van der Waals surface area contributed by atoms with Crippen LogP contribution in [0.1, 0.15) is 18.1 Å². The van der Waals surface area contributed by atoms with E-state index in [0.29, 0.717) is 34.3 Å². The number of hydrogen-bond acceptors (Lipinski definition) is 2. The first-order valence-corrected chi connectivity index (χ1v) is 11.0. The van der Waals surface area contributed by atoms with Crippen molar-refractivity contribution in [1.29, 1.82) is 0 Å². The van der Waals surface area contributed by atoms with E-state index >= 15 is 0 Å². The molecule has 4 aromatic rings. The second kappa shape index (κ2) is 9.27. The van der Waals surface area contributed by atoms with Crippen molar-refractivity contribution in [1.82, 2.24) is 4.57 Å². The minimum absolute atomic E-state index is 0.00530. The van der Waals surface area contributed by atoms with Crippen LogP contribution in [0.3, 0.4) is 0 Å². The molecule has 34 heavy (non-hydrogen) atoms. The molecule has 0 fully saturated rings. The molecule has 0 spiro atoms. The van der Waals surface area contributed by atoms with Gasteiger partial charge in [0.2, 0.25) is 0 Å². The van der Waals surface area contributed by atoms with Crippen LogP contribution >= 0.6 is 11.6 Å². The Morgan fingerprint density at radius 1 is 1.00 bits per heavy atom. The van der Waals surface area contributed by atoms with Crippen molar-refractivity contribution in [3.63, 3.8) is 0 Å². The standard InChI is InChI=1S/C26H22ClF2N3O2/c1-4-32-22-12-15(3)14(2)11-18(22)23(17-7-5-6-8-19(17)27)24(25(32)33)31-26(34)30-21-10-9-16(28)13-20(21)29/h5-13H,4H2,1-3H3,(H2,30,31,34). The molecule has 0 aliphatic heterocycles. The smallest absolute Gasteiger partial charge is 0.307 e. The van der Waals surface area contributed by atoms with E-state index in [1.54, 1.807) is 28.8 Å². The minimum atomic E-state index is -0.933. The maximum Gasteiger partial charge on any atom is 0.323 e. The SMILES string of the molecule is CCn1c(=O)c(NC(=O)Nc2ccc(F)cc2F)c(-c2ccccc2Cl)c2cc(C)c(C)cc21. The monoisotopic (exact) mass is 481 g/mol. The third-order valence-electron chi connectivity index (χ3n) is 5.76. The number of nitrogens with one attached hydrogen (secondary N) is 2. The van der Waals surface area contributed by atoms with Crippen LogP contribution in [0.25, 0.3) is 22.0 Å². The number of carbonyl (C=O) groups excluding carboxylic acids is 1. The van der Waals surface area contributed by atoms with Gasteiger partial charge in [-0.3, -0.25) is 4.79 Å². The zero-order valence-corrected chi connectivity index (χ0v) is 19.6. The van der Waals surface area contributed by atoms with E-state index in [0.717, 1.165) is 28.6 Å². The number of pyridine rings is 1. The van der Waals surface area contributed by atoms with Gasteiger partial charge in [0.05, 0.1) is 11.2 Å². The van der Waals surface area contributed by atoms with Gasteiger partial charge in [-0.1, -0.05) is 29.8 Å². The number of urea groups is 1. The molecule has 174 valence electrons. The molecule has 0 radical (unpaired) electrons. The molecule has 0 aliphatic carbocycles. The number of fused-ring (bicyclic) bond motifs is 1. The maximum atomic E-state index is 14.1. The van der Waals surface area contributed by atoms with Gasteiger partial charge in [0.1, 0.15) is 17.3 Å². The zero-order chi connectivity index (χ0) is 24.6. The Bertz CT molecular complexity index is 1500. The largest absolute Gasteiger partial charge is 0.323 e. The van der Waals surface area contributed by atoms with Crippen molar-refractivity contribution in [2.45, 2.75) is 27.3 Å². The highest BCUT2D eigenvalue weighted by Gasteiger charge is 2.22. The Morgan fingerprint density at radius 2 is 1.71 bits per heavy atom. The van der Waals surface area contributed by atoms with Crippen molar-refractivity contribution in [2.75, 3.05) is 10.6 Å². The van der Waals surface area contributed by atoms with Crippen LogP contribution < -0.4 is 16.2 Å². The second-order valence-corrected chi connectivity index (χ2v) is 8.34. The lowest BCUT2D eigenvalue weighted by molar-refractivity contribution is 0.262. The molecule has 8 heteroatoms. The fraction of sp³-hybridized carbons (Fsp3) is 0.154. The summed E-state index contributed by atoms with van der Waals surface area (Å²) >= 11 is 6.51. The van der Waals surface area contributed by atoms with Gasteiger partial charge in [0.15, 0.2) is 0 Å². The third-order valence-corrected chi connectivity index (χ3v) is 6.09. The van der Waals surface area contributed by atoms with Crippen molar-refractivity contribution in [3.05, 3.63) is 92.7 Å². The topological polar surface area (TPSA) is 63.1 Å². The number of aryl methyl sites for hydroxylation is 3. The van der Waals surface area contributed by atoms with Crippen LogP contribution in [0.15, 0.2) is 59.4 Å². The summed E-state index contributed by atoms with van der Waals surface area (Å²) in [4.78, 5) is 26.4. The summed E-state index contributed by atoms with van der Waals surface area (Å²) in [5.41, 5.74) is 3.13. The predicted molar refractivity (Wildman–Crippen MR) is 133 cm³/mol. The highest BCUT2D eigenvalue weighted by atomic mass is 35.5. The lowest BCUT2D eigenvalue weighted by atomic mass is 9.96. The summed E-state index contributed by atoms with van der Waals surface area (Å²) in [6.45, 7) is 6.13. The first-order chi connectivity index (χ1) is 16.2. The first kappa shape index (κ1) is 23.4. The molecular formula is C26H22ClF2N3O2. The van der Waals surface area contributed by atoms with Crippen molar-refractivity contribution >= 4 is 39.9 Å². The molecule has 0 atom stereocenters. The van der Waals surface area contributed by atoms with E-state index in [1.807, 2.05) is 32.9 Å². The first-order valence-electron chi connectivity index (χ1n) is 10.7. The Balaban J connectivity index is 1.95. The van der Waals surface area contributed by atoms with Gasteiger partial charge in [-0.25, -0.2) is 13.6 Å². The third kappa shape index (κ3) is 4.26. The van der Waals surface area contributed by atoms with Gasteiger partial charge in [-0.05, 0) is 62.2 Å². The summed E-state index contributed by atoms with van der Waals surface area (Å²) in [6, 6.07) is 12.9. The van der Waals surface area contributed by atoms with Crippen LogP contribution in [-0.4, -0.2) is 10.6 Å². The van der Waals surface area contributed by atoms with Crippen molar-refractivity contribution in [2.24, 2.45) is 0 Å². The maximum absolute atomic E-state index is 14.1. The molecule has 0 saturated heterocycles. The van der Waals surface area contributed by atoms with Gasteiger partial charge >= 0.3 is 6.03 Å². The van der Waals surface area contributed by atoms with Crippen molar-refractivity contribution < 1.29 is 13.6 Å². The molecule has 1 heterocycles. The Kier molecular flexibility index (Phi) is 6.39. The molecule has 0 saturated carbocycles. The van der Waals surface area contributed by atoms with Crippen LogP contribution in [0.5, 0.6) is 0 Å². The van der Waals surface area contributed by atoms with Gasteiger partial charge in [0, 0.05) is 34.1 Å². The Hall–Kier alpha value is -3.71. The summed E-state index contributed by atoms with van der Waals surface area (Å²) in [5.74, 6) is -1.70. The summed E-state index contributed by atoms with van der Waals surface area (Å²) in [6.07, 6.45) is 0. The number of carbonyl (C=O) groups is 1. The molecule has 1 aromatic heterocycles. The highest BCUT2D eigenvalue weighted by Crippen LogP contribution is 2.38. The normalized spacial score (nSPS) is 11.0. The molecule has 0 unspecified atom stereocenters. The van der Waals surface area contributed by atoms with Crippen molar-refractivity contribution in [3.8, 4) is 11.1 Å². The lowest BCUT2D eigenvalue weighted by Gasteiger charge is -2.20. The second-order valence-electron chi connectivity index (χ2n) is 7.94. The number of anilines is 2. The van der Waals surface area contributed by atoms with E-state index in [4.69, 9.17) is 11.6 Å².